The number of carbonyl (C=O) groups is 2. The number of aromatic nitrogens is 1. The Morgan fingerprint density at radius 1 is 1.24 bits per heavy atom. The molecule has 0 saturated carbocycles. The lowest BCUT2D eigenvalue weighted by Gasteiger charge is -2.26. The van der Waals surface area contributed by atoms with Crippen LogP contribution >= 0.6 is 0 Å². The fraction of sp³-hybridized carbons (Fsp3) is 0.400. The van der Waals surface area contributed by atoms with Crippen LogP contribution in [0.5, 0.6) is 5.75 Å². The van der Waals surface area contributed by atoms with E-state index < -0.39 is 16.3 Å². The normalized spacial score (nSPS) is 13.2. The third-order valence-corrected chi connectivity index (χ3v) is 6.83. The first kappa shape index (κ1) is 22.8. The number of sulfonamides is 1. The largest absolute Gasteiger partial charge is 0.593 e. The fourth-order valence-corrected chi connectivity index (χ4v) is 5.00. The molecule has 1 aromatic heterocycles. The van der Waals surface area contributed by atoms with E-state index in [1.165, 1.54) is 30.5 Å². The van der Waals surface area contributed by atoms with Gasteiger partial charge in [-0.25, -0.2) is 0 Å². The van der Waals surface area contributed by atoms with Crippen molar-refractivity contribution in [2.24, 2.45) is 0 Å². The van der Waals surface area contributed by atoms with E-state index in [2.05, 4.69) is 10.3 Å². The highest BCUT2D eigenvalue weighted by molar-refractivity contribution is 7.95. The molecule has 1 unspecified atom stereocenters. The number of nitrogens with one attached hydrogen (secondary N) is 2. The molecule has 2 aromatic rings. The van der Waals surface area contributed by atoms with Crippen molar-refractivity contribution in [3.05, 3.63) is 40.7 Å². The van der Waals surface area contributed by atoms with E-state index in [9.17, 15) is 18.4 Å². The third kappa shape index (κ3) is 4.42. The lowest BCUT2D eigenvalue weighted by Crippen LogP contribution is -2.36. The Bertz CT molecular complexity index is 979. The van der Waals surface area contributed by atoms with Crippen LogP contribution in [0.4, 0.5) is 5.69 Å². The lowest BCUT2D eigenvalue weighted by atomic mass is 10.1. The highest BCUT2D eigenvalue weighted by Crippen LogP contribution is 2.33. The number of hydrogen-bond donors (Lipinski definition) is 2. The van der Waals surface area contributed by atoms with Gasteiger partial charge in [0.25, 0.3) is 5.91 Å². The maximum absolute atomic E-state index is 12.9. The van der Waals surface area contributed by atoms with Gasteiger partial charge in [-0.3, -0.25) is 9.59 Å². The molecular weight excluding hydrogens is 394 g/mol. The Hall–Kier alpha value is -2.49. The van der Waals surface area contributed by atoms with Gasteiger partial charge in [0.2, 0.25) is 4.90 Å². The summed E-state index contributed by atoms with van der Waals surface area (Å²) in [7, 11) is -2.39. The second-order valence-corrected chi connectivity index (χ2v) is 8.50. The Kier molecular flexibility index (Phi) is 6.99. The van der Waals surface area contributed by atoms with Gasteiger partial charge in [0.15, 0.2) is 21.9 Å². The van der Waals surface area contributed by atoms with Gasteiger partial charge in [0.05, 0.1) is 7.11 Å². The lowest BCUT2D eigenvalue weighted by molar-refractivity contribution is 0.101. The molecule has 0 aliphatic heterocycles. The van der Waals surface area contributed by atoms with Crippen molar-refractivity contribution in [3.63, 3.8) is 0 Å². The summed E-state index contributed by atoms with van der Waals surface area (Å²) in [5.41, 5.74) is 2.21. The Morgan fingerprint density at radius 3 is 2.34 bits per heavy atom. The van der Waals surface area contributed by atoms with Crippen LogP contribution in [0.25, 0.3) is 0 Å². The van der Waals surface area contributed by atoms with Crippen molar-refractivity contribution in [1.29, 1.82) is 0 Å². The molecule has 0 fully saturated rings. The molecule has 0 spiro atoms. The number of aryl methyl sites for hydroxylation is 1. The molecule has 1 amide bonds. The van der Waals surface area contributed by atoms with Crippen LogP contribution in [0.3, 0.4) is 0 Å². The minimum atomic E-state index is -3.78. The number of aromatic amines is 1. The number of Topliss-reactive ketones (excluding diaryl/α,β-unsaturated/α-hetero) is 1. The van der Waals surface area contributed by atoms with Crippen LogP contribution in [0.2, 0.25) is 0 Å². The quantitative estimate of drug-likeness (QED) is 0.501. The molecule has 0 aliphatic carbocycles. The summed E-state index contributed by atoms with van der Waals surface area (Å²) in [6, 6.07) is 4.44. The van der Waals surface area contributed by atoms with Crippen LogP contribution < -0.4 is 10.1 Å². The second kappa shape index (κ2) is 8.89. The topological polar surface area (TPSA) is 115 Å². The number of benzene rings is 1. The van der Waals surface area contributed by atoms with Crippen molar-refractivity contribution in [2.45, 2.75) is 39.5 Å². The minimum absolute atomic E-state index is 0.0229. The number of ether oxygens (including phenoxy) is 1. The number of amides is 1. The summed E-state index contributed by atoms with van der Waals surface area (Å²) >= 11 is 0. The van der Waals surface area contributed by atoms with Crippen molar-refractivity contribution in [3.8, 4) is 5.75 Å². The maximum Gasteiger partial charge on any atom is 0.272 e. The number of rotatable bonds is 8. The van der Waals surface area contributed by atoms with Crippen LogP contribution in [0.15, 0.2) is 23.1 Å². The molecule has 0 aliphatic rings. The molecule has 0 bridgehead atoms. The van der Waals surface area contributed by atoms with E-state index in [0.717, 1.165) is 0 Å². The molecule has 1 atom stereocenters. The summed E-state index contributed by atoms with van der Waals surface area (Å²) in [6.07, 6.45) is 0. The molecule has 158 valence electrons. The van der Waals surface area contributed by atoms with E-state index in [-0.39, 0.29) is 22.1 Å². The number of methoxy groups -OCH3 is 1. The zero-order valence-electron chi connectivity index (χ0n) is 17.5. The molecule has 9 heteroatoms. The minimum Gasteiger partial charge on any atom is -0.593 e. The summed E-state index contributed by atoms with van der Waals surface area (Å²) in [6.45, 7) is 8.99. The van der Waals surface area contributed by atoms with Gasteiger partial charge in [0, 0.05) is 36.1 Å². The summed E-state index contributed by atoms with van der Waals surface area (Å²) in [4.78, 5) is 27.4. The van der Waals surface area contributed by atoms with E-state index in [4.69, 9.17) is 4.74 Å². The summed E-state index contributed by atoms with van der Waals surface area (Å²) < 4.78 is 32.4. The molecule has 2 rings (SSSR count). The first-order valence-electron chi connectivity index (χ1n) is 9.28. The Morgan fingerprint density at radius 2 is 1.86 bits per heavy atom. The van der Waals surface area contributed by atoms with Gasteiger partial charge in [-0.2, -0.15) is 0 Å². The molecule has 2 N–H and O–H groups in total. The first-order valence-corrected chi connectivity index (χ1v) is 10.7. The third-order valence-electron chi connectivity index (χ3n) is 4.76. The number of ketones is 1. The standard InChI is InChI=1S/C20H27N3O5S/c1-7-23(8-2)29(26,27)17-11-15(9-10-16(17)28-6)22-20(25)19-12(3)18(14(5)24)13(4)21-19/h9-11H,7-8H2,1-6H3,(H2-,21,22,24,25,26,27). The first-order chi connectivity index (χ1) is 13.6. The second-order valence-electron chi connectivity index (χ2n) is 6.59. The molecule has 1 heterocycles. The number of nitrogens with zero attached hydrogens (tertiary/aromatic N) is 1. The fourth-order valence-electron chi connectivity index (χ4n) is 3.36. The summed E-state index contributed by atoms with van der Waals surface area (Å²) in [5, 5.41) is 2.70. The van der Waals surface area contributed by atoms with Crippen molar-refractivity contribution in [1.82, 2.24) is 9.29 Å². The average molecular weight is 422 g/mol. The zero-order chi connectivity index (χ0) is 21.9. The SMILES string of the molecule is CCN(CC)[S+](=O)([O-])c1cc(NC(=O)c2[nH]c(C)c(C(C)=O)c2C)ccc1OC. The Labute approximate surface area is 172 Å². The monoisotopic (exact) mass is 421 g/mol. The van der Waals surface area contributed by atoms with E-state index in [1.807, 2.05) is 0 Å². The predicted octanol–water partition coefficient (Wildman–Crippen LogP) is 3.34. The molecule has 0 radical (unpaired) electrons. The van der Waals surface area contributed by atoms with E-state index in [0.29, 0.717) is 35.6 Å². The van der Waals surface area contributed by atoms with Gasteiger partial charge in [-0.1, -0.05) is 4.21 Å². The van der Waals surface area contributed by atoms with Gasteiger partial charge < -0.3 is 19.6 Å². The highest BCUT2D eigenvalue weighted by Gasteiger charge is 2.32. The van der Waals surface area contributed by atoms with Crippen molar-refractivity contribution < 1.29 is 23.1 Å². The maximum atomic E-state index is 12.9. The summed E-state index contributed by atoms with van der Waals surface area (Å²) in [5.74, 6) is -0.400. The van der Waals surface area contributed by atoms with Gasteiger partial charge in [-0.15, -0.1) is 4.31 Å². The van der Waals surface area contributed by atoms with Gasteiger partial charge in [0.1, 0.15) is 5.69 Å². The van der Waals surface area contributed by atoms with Crippen LogP contribution in [-0.2, 0) is 14.6 Å². The zero-order valence-corrected chi connectivity index (χ0v) is 18.4. The molecule has 0 saturated heterocycles. The molecule has 8 nitrogen and oxygen atoms in total. The van der Waals surface area contributed by atoms with Crippen LogP contribution in [0, 0.1) is 13.8 Å². The van der Waals surface area contributed by atoms with E-state index >= 15 is 0 Å². The van der Waals surface area contributed by atoms with Crippen LogP contribution in [0.1, 0.15) is 52.9 Å². The van der Waals surface area contributed by atoms with Crippen LogP contribution in [-0.4, -0.2) is 45.7 Å². The van der Waals surface area contributed by atoms with Gasteiger partial charge >= 0.3 is 0 Å². The van der Waals surface area contributed by atoms with Crippen molar-refractivity contribution >= 4 is 27.8 Å². The molecule has 29 heavy (non-hydrogen) atoms. The Balaban J connectivity index is 2.43. The number of carbonyl (C=O) groups excluding carboxylic acids is 2. The van der Waals surface area contributed by atoms with E-state index in [1.54, 1.807) is 33.8 Å². The number of hydrogen-bond acceptors (Lipinski definition) is 5. The van der Waals surface area contributed by atoms with Crippen molar-refractivity contribution in [2.75, 3.05) is 25.5 Å². The smallest absolute Gasteiger partial charge is 0.272 e. The molecular formula is C20H27N3O5S. The van der Waals surface area contributed by atoms with Gasteiger partial charge in [-0.05, 0) is 52.3 Å². The number of H-pyrrole nitrogens is 1. The highest BCUT2D eigenvalue weighted by atomic mass is 32.3. The number of anilines is 1. The average Bonchev–Trinajstić information content (AvgIpc) is 2.96. The predicted molar refractivity (Wildman–Crippen MR) is 111 cm³/mol. The molecule has 1 aromatic carbocycles.